The zero-order valence-electron chi connectivity index (χ0n) is 17.0. The zero-order valence-corrected chi connectivity index (χ0v) is 18.5. The van der Waals surface area contributed by atoms with Crippen molar-refractivity contribution in [2.75, 3.05) is 27.9 Å². The minimum absolute atomic E-state index is 0.0287. The number of fused-ring (bicyclic) bond motifs is 1. The van der Waals surface area contributed by atoms with Crippen LogP contribution in [0.3, 0.4) is 0 Å². The topological polar surface area (TPSA) is 65.1 Å². The molecule has 1 aliphatic heterocycles. The molecule has 0 saturated carbocycles. The number of benzene rings is 2. The highest BCUT2D eigenvalue weighted by molar-refractivity contribution is 6.36. The van der Waals surface area contributed by atoms with Crippen molar-refractivity contribution >= 4 is 35.1 Å². The summed E-state index contributed by atoms with van der Waals surface area (Å²) < 4.78 is 15.7. The summed E-state index contributed by atoms with van der Waals surface area (Å²) in [5, 5.41) is 0.869. The average Bonchev–Trinajstić information content (AvgIpc) is 2.75. The Morgan fingerprint density at radius 1 is 1.07 bits per heavy atom. The Hall–Kier alpha value is -2.44. The molecular formula is C22H23Cl2NO5. The van der Waals surface area contributed by atoms with E-state index >= 15 is 0 Å². The van der Waals surface area contributed by atoms with Crippen molar-refractivity contribution in [1.29, 1.82) is 0 Å². The van der Waals surface area contributed by atoms with Gasteiger partial charge in [-0.05, 0) is 47.4 Å². The van der Waals surface area contributed by atoms with Crippen LogP contribution in [0.2, 0.25) is 10.0 Å². The minimum atomic E-state index is -0.491. The van der Waals surface area contributed by atoms with E-state index in [4.69, 9.17) is 37.4 Å². The molecule has 0 radical (unpaired) electrons. The van der Waals surface area contributed by atoms with Gasteiger partial charge in [-0.1, -0.05) is 29.3 Å². The first-order valence-corrected chi connectivity index (χ1v) is 10.2. The number of methoxy groups -OCH3 is 3. The fourth-order valence-electron chi connectivity index (χ4n) is 3.74. The maximum Gasteiger partial charge on any atom is 0.307 e. The molecule has 2 aromatic carbocycles. The van der Waals surface area contributed by atoms with Crippen LogP contribution in [0.5, 0.6) is 11.5 Å². The first kappa shape index (κ1) is 22.2. The summed E-state index contributed by atoms with van der Waals surface area (Å²) >= 11 is 12.5. The van der Waals surface area contributed by atoms with Gasteiger partial charge in [-0.2, -0.15) is 0 Å². The average molecular weight is 452 g/mol. The molecule has 1 atom stereocenters. The van der Waals surface area contributed by atoms with Crippen LogP contribution in [0.25, 0.3) is 0 Å². The van der Waals surface area contributed by atoms with Crippen LogP contribution in [-0.4, -0.2) is 44.7 Å². The molecule has 0 spiro atoms. The first-order valence-electron chi connectivity index (χ1n) is 9.43. The van der Waals surface area contributed by atoms with Gasteiger partial charge in [0.25, 0.3) is 0 Å². The molecule has 0 fully saturated rings. The molecule has 1 heterocycles. The Balaban J connectivity index is 1.98. The van der Waals surface area contributed by atoms with Crippen molar-refractivity contribution in [3.05, 3.63) is 57.1 Å². The van der Waals surface area contributed by atoms with Crippen LogP contribution in [-0.2, 0) is 27.2 Å². The lowest BCUT2D eigenvalue weighted by atomic mass is 9.89. The second-order valence-corrected chi connectivity index (χ2v) is 7.73. The fraction of sp³-hybridized carbons (Fsp3) is 0.364. The number of rotatable bonds is 6. The second kappa shape index (κ2) is 9.58. The van der Waals surface area contributed by atoms with Gasteiger partial charge in [-0.3, -0.25) is 9.59 Å². The molecule has 2 aromatic rings. The SMILES string of the molecule is COC(=O)CC1c2cc(OC)c(OC)cc2CCN1C(=O)Cc1c(Cl)cccc1Cl. The number of nitrogens with zero attached hydrogens (tertiary/aromatic N) is 1. The summed E-state index contributed by atoms with van der Waals surface area (Å²) in [5.74, 6) is 0.570. The van der Waals surface area contributed by atoms with Gasteiger partial charge in [-0.15, -0.1) is 0 Å². The smallest absolute Gasteiger partial charge is 0.307 e. The van der Waals surface area contributed by atoms with Gasteiger partial charge >= 0.3 is 5.97 Å². The highest BCUT2D eigenvalue weighted by Crippen LogP contribution is 2.40. The van der Waals surface area contributed by atoms with Gasteiger partial charge in [0, 0.05) is 16.6 Å². The van der Waals surface area contributed by atoms with Crippen LogP contribution >= 0.6 is 23.2 Å². The molecule has 6 nitrogen and oxygen atoms in total. The van der Waals surface area contributed by atoms with Crippen molar-refractivity contribution in [2.24, 2.45) is 0 Å². The number of amides is 1. The molecular weight excluding hydrogens is 429 g/mol. The number of esters is 1. The highest BCUT2D eigenvalue weighted by atomic mass is 35.5. The number of carbonyl (C=O) groups excluding carboxylic acids is 2. The van der Waals surface area contributed by atoms with Crippen molar-refractivity contribution in [1.82, 2.24) is 4.90 Å². The molecule has 8 heteroatoms. The Labute approximate surface area is 185 Å². The van der Waals surface area contributed by atoms with Gasteiger partial charge in [0.2, 0.25) is 5.91 Å². The summed E-state index contributed by atoms with van der Waals surface area (Å²) in [4.78, 5) is 27.1. The number of ether oxygens (including phenoxy) is 3. The lowest BCUT2D eigenvalue weighted by molar-refractivity contribution is -0.144. The van der Waals surface area contributed by atoms with Crippen molar-refractivity contribution in [2.45, 2.75) is 25.3 Å². The van der Waals surface area contributed by atoms with Gasteiger partial charge in [-0.25, -0.2) is 0 Å². The van der Waals surface area contributed by atoms with E-state index in [0.29, 0.717) is 40.1 Å². The van der Waals surface area contributed by atoms with Gasteiger partial charge in [0.1, 0.15) is 0 Å². The summed E-state index contributed by atoms with van der Waals surface area (Å²) in [6, 6.07) is 8.36. The van der Waals surface area contributed by atoms with Crippen LogP contribution in [0.1, 0.15) is 29.2 Å². The summed E-state index contributed by atoms with van der Waals surface area (Å²) in [5.41, 5.74) is 2.41. The van der Waals surface area contributed by atoms with Gasteiger partial charge in [0.05, 0.1) is 40.2 Å². The molecule has 0 bridgehead atoms. The summed E-state index contributed by atoms with van der Waals surface area (Å²) in [6.45, 7) is 0.449. The van der Waals surface area contributed by atoms with E-state index in [0.717, 1.165) is 11.1 Å². The van der Waals surface area contributed by atoms with E-state index in [1.807, 2.05) is 12.1 Å². The van der Waals surface area contributed by atoms with Gasteiger partial charge in [0.15, 0.2) is 11.5 Å². The standard InChI is InChI=1S/C22H23Cl2NO5/c1-28-19-9-13-7-8-25(21(26)11-15-16(23)5-4-6-17(15)24)18(12-22(27)30-3)14(13)10-20(19)29-2/h4-6,9-10,18H,7-8,11-12H2,1-3H3. The quantitative estimate of drug-likeness (QED) is 0.614. The third kappa shape index (κ3) is 4.50. The monoisotopic (exact) mass is 451 g/mol. The summed E-state index contributed by atoms with van der Waals surface area (Å²) in [6.07, 6.45) is 0.690. The molecule has 3 rings (SSSR count). The van der Waals surface area contributed by atoms with Gasteiger partial charge < -0.3 is 19.1 Å². The van der Waals surface area contributed by atoms with E-state index in [1.54, 1.807) is 37.3 Å². The van der Waals surface area contributed by atoms with E-state index < -0.39 is 12.0 Å². The first-order chi connectivity index (χ1) is 14.4. The number of hydrogen-bond donors (Lipinski definition) is 0. The molecule has 160 valence electrons. The third-order valence-electron chi connectivity index (χ3n) is 5.30. The Morgan fingerprint density at radius 2 is 1.70 bits per heavy atom. The molecule has 1 aliphatic rings. The van der Waals surface area contributed by atoms with E-state index in [2.05, 4.69) is 0 Å². The summed E-state index contributed by atoms with van der Waals surface area (Å²) in [7, 11) is 4.45. The Morgan fingerprint density at radius 3 is 2.30 bits per heavy atom. The van der Waals surface area contributed by atoms with Crippen LogP contribution < -0.4 is 9.47 Å². The maximum absolute atomic E-state index is 13.2. The van der Waals surface area contributed by atoms with E-state index in [1.165, 1.54) is 7.11 Å². The lowest BCUT2D eigenvalue weighted by Gasteiger charge is -2.37. The fourth-order valence-corrected chi connectivity index (χ4v) is 4.27. The molecule has 0 aliphatic carbocycles. The van der Waals surface area contributed by atoms with Crippen LogP contribution in [0.15, 0.2) is 30.3 Å². The molecule has 1 amide bonds. The van der Waals surface area contributed by atoms with E-state index in [9.17, 15) is 9.59 Å². The Bertz CT molecular complexity index is 943. The largest absolute Gasteiger partial charge is 0.493 e. The van der Waals surface area contributed by atoms with Crippen molar-refractivity contribution < 1.29 is 23.8 Å². The lowest BCUT2D eigenvalue weighted by Crippen LogP contribution is -2.42. The van der Waals surface area contributed by atoms with Crippen molar-refractivity contribution in [3.8, 4) is 11.5 Å². The molecule has 0 saturated heterocycles. The van der Waals surface area contributed by atoms with Crippen LogP contribution in [0.4, 0.5) is 0 Å². The molecule has 0 aromatic heterocycles. The maximum atomic E-state index is 13.2. The minimum Gasteiger partial charge on any atom is -0.493 e. The van der Waals surface area contributed by atoms with E-state index in [-0.39, 0.29) is 18.7 Å². The predicted octanol–water partition coefficient (Wildman–Crippen LogP) is 4.24. The number of carbonyl (C=O) groups is 2. The molecule has 0 N–H and O–H groups in total. The third-order valence-corrected chi connectivity index (χ3v) is 6.01. The highest BCUT2D eigenvalue weighted by Gasteiger charge is 2.34. The second-order valence-electron chi connectivity index (χ2n) is 6.92. The molecule has 1 unspecified atom stereocenters. The Kier molecular flexibility index (Phi) is 7.10. The predicted molar refractivity (Wildman–Crippen MR) is 115 cm³/mol. The van der Waals surface area contributed by atoms with Crippen molar-refractivity contribution in [3.63, 3.8) is 0 Å². The normalized spacial score (nSPS) is 15.4. The van der Waals surface area contributed by atoms with Crippen LogP contribution in [0, 0.1) is 0 Å². The number of hydrogen-bond acceptors (Lipinski definition) is 5. The number of halogens is 2. The zero-order chi connectivity index (χ0) is 21.8. The molecule has 30 heavy (non-hydrogen) atoms.